The number of imide groups is 1. The van der Waals surface area contributed by atoms with E-state index in [2.05, 4.69) is 10.6 Å². The molecule has 6 nitrogen and oxygen atoms in total. The lowest BCUT2D eigenvalue weighted by Crippen LogP contribution is -2.48. The second-order valence-corrected chi connectivity index (χ2v) is 5.10. The molecular formula is C17H13N3O3. The van der Waals surface area contributed by atoms with Crippen molar-refractivity contribution in [3.05, 3.63) is 65.7 Å². The van der Waals surface area contributed by atoms with E-state index in [9.17, 15) is 9.59 Å². The number of hydrogen-bond acceptors (Lipinski definition) is 4. The fourth-order valence-electron chi connectivity index (χ4n) is 2.42. The first kappa shape index (κ1) is 14.6. The highest BCUT2D eigenvalue weighted by Crippen LogP contribution is 2.26. The van der Waals surface area contributed by atoms with Gasteiger partial charge in [0.15, 0.2) is 5.54 Å². The molecule has 2 N–H and O–H groups in total. The van der Waals surface area contributed by atoms with E-state index in [4.69, 9.17) is 10.00 Å². The third kappa shape index (κ3) is 2.72. The summed E-state index contributed by atoms with van der Waals surface area (Å²) in [7, 11) is 0. The Morgan fingerprint density at radius 3 is 2.30 bits per heavy atom. The number of nitrogens with one attached hydrogen (secondary N) is 2. The van der Waals surface area contributed by atoms with Gasteiger partial charge in [-0.15, -0.1) is 0 Å². The number of amides is 3. The van der Waals surface area contributed by atoms with Crippen LogP contribution in [-0.2, 0) is 10.3 Å². The van der Waals surface area contributed by atoms with Gasteiger partial charge in [-0.2, -0.15) is 5.26 Å². The minimum Gasteiger partial charge on any atom is -0.490 e. The Kier molecular flexibility index (Phi) is 3.69. The van der Waals surface area contributed by atoms with E-state index in [0.717, 1.165) is 0 Å². The van der Waals surface area contributed by atoms with E-state index < -0.39 is 17.5 Å². The fourth-order valence-corrected chi connectivity index (χ4v) is 2.42. The van der Waals surface area contributed by atoms with Gasteiger partial charge >= 0.3 is 6.03 Å². The molecule has 0 aliphatic carbocycles. The molecular weight excluding hydrogens is 294 g/mol. The van der Waals surface area contributed by atoms with Gasteiger partial charge in [-0.25, -0.2) is 4.79 Å². The van der Waals surface area contributed by atoms with Crippen LogP contribution >= 0.6 is 0 Å². The van der Waals surface area contributed by atoms with Crippen LogP contribution in [0.2, 0.25) is 0 Å². The Balaban J connectivity index is 1.87. The molecule has 2 aromatic rings. The van der Waals surface area contributed by atoms with Gasteiger partial charge in [0.1, 0.15) is 12.4 Å². The average Bonchev–Trinajstić information content (AvgIpc) is 2.89. The van der Waals surface area contributed by atoms with Gasteiger partial charge in [0.25, 0.3) is 5.91 Å². The number of nitriles is 1. The lowest BCUT2D eigenvalue weighted by molar-refractivity contribution is -0.125. The highest BCUT2D eigenvalue weighted by Gasteiger charge is 2.48. The van der Waals surface area contributed by atoms with Crippen molar-refractivity contribution in [1.29, 1.82) is 5.26 Å². The molecule has 3 rings (SSSR count). The van der Waals surface area contributed by atoms with E-state index in [1.165, 1.54) is 0 Å². The lowest BCUT2D eigenvalue weighted by atomic mass is 9.91. The van der Waals surface area contributed by atoms with Crippen LogP contribution in [0.4, 0.5) is 4.79 Å². The molecule has 23 heavy (non-hydrogen) atoms. The minimum absolute atomic E-state index is 0.0551. The standard InChI is InChI=1S/C17H13N3O3/c18-10-12-6-8-14(9-7-12)23-11-17(13-4-2-1-3-5-13)15(21)19-16(22)20-17/h1-9H,11H2,(H2,19,20,21,22). The van der Waals surface area contributed by atoms with E-state index in [1.54, 1.807) is 48.5 Å². The molecule has 0 radical (unpaired) electrons. The summed E-state index contributed by atoms with van der Waals surface area (Å²) in [5, 5.41) is 13.7. The molecule has 0 bridgehead atoms. The fraction of sp³-hybridized carbons (Fsp3) is 0.118. The number of hydrogen-bond donors (Lipinski definition) is 2. The van der Waals surface area contributed by atoms with Crippen LogP contribution in [0.3, 0.4) is 0 Å². The molecule has 1 fully saturated rings. The normalized spacial score (nSPS) is 19.6. The van der Waals surface area contributed by atoms with Crippen LogP contribution in [0.1, 0.15) is 11.1 Å². The van der Waals surface area contributed by atoms with Gasteiger partial charge in [0.2, 0.25) is 0 Å². The maximum Gasteiger partial charge on any atom is 0.322 e. The summed E-state index contributed by atoms with van der Waals surface area (Å²) in [6.07, 6.45) is 0. The van der Waals surface area contributed by atoms with Gasteiger partial charge < -0.3 is 10.1 Å². The van der Waals surface area contributed by atoms with Crippen molar-refractivity contribution in [2.24, 2.45) is 0 Å². The molecule has 0 aromatic heterocycles. The second kappa shape index (κ2) is 5.81. The highest BCUT2D eigenvalue weighted by atomic mass is 16.5. The van der Waals surface area contributed by atoms with Gasteiger partial charge in [-0.1, -0.05) is 30.3 Å². The molecule has 0 saturated carbocycles. The molecule has 1 aliphatic rings. The first-order chi connectivity index (χ1) is 11.1. The van der Waals surface area contributed by atoms with Crippen molar-refractivity contribution in [1.82, 2.24) is 10.6 Å². The zero-order chi connectivity index (χ0) is 16.3. The zero-order valence-corrected chi connectivity index (χ0v) is 12.1. The Morgan fingerprint density at radius 1 is 1.04 bits per heavy atom. The largest absolute Gasteiger partial charge is 0.490 e. The summed E-state index contributed by atoms with van der Waals surface area (Å²) in [6.45, 7) is -0.0551. The molecule has 3 amide bonds. The van der Waals surface area contributed by atoms with Crippen molar-refractivity contribution in [3.63, 3.8) is 0 Å². The van der Waals surface area contributed by atoms with Crippen molar-refractivity contribution in [2.45, 2.75) is 5.54 Å². The van der Waals surface area contributed by atoms with Crippen LogP contribution in [0.5, 0.6) is 5.75 Å². The van der Waals surface area contributed by atoms with E-state index in [0.29, 0.717) is 16.9 Å². The summed E-state index contributed by atoms with van der Waals surface area (Å²) >= 11 is 0. The monoisotopic (exact) mass is 307 g/mol. The van der Waals surface area contributed by atoms with Crippen molar-refractivity contribution >= 4 is 11.9 Å². The zero-order valence-electron chi connectivity index (χ0n) is 12.1. The first-order valence-corrected chi connectivity index (χ1v) is 6.96. The second-order valence-electron chi connectivity index (χ2n) is 5.10. The third-order valence-electron chi connectivity index (χ3n) is 3.65. The van der Waals surface area contributed by atoms with Gasteiger partial charge in [-0.05, 0) is 29.8 Å². The molecule has 1 unspecified atom stereocenters. The van der Waals surface area contributed by atoms with E-state index >= 15 is 0 Å². The summed E-state index contributed by atoms with van der Waals surface area (Å²) in [4.78, 5) is 23.9. The SMILES string of the molecule is N#Cc1ccc(OCC2(c3ccccc3)NC(=O)NC2=O)cc1. The Labute approximate surface area is 132 Å². The minimum atomic E-state index is -1.27. The van der Waals surface area contributed by atoms with Crippen LogP contribution in [0, 0.1) is 11.3 Å². The lowest BCUT2D eigenvalue weighted by Gasteiger charge is -2.26. The number of nitrogens with zero attached hydrogens (tertiary/aromatic N) is 1. The third-order valence-corrected chi connectivity index (χ3v) is 3.65. The highest BCUT2D eigenvalue weighted by molar-refractivity contribution is 6.07. The number of carbonyl (C=O) groups excluding carboxylic acids is 2. The van der Waals surface area contributed by atoms with Crippen molar-refractivity contribution in [2.75, 3.05) is 6.61 Å². The molecule has 1 aliphatic heterocycles. The number of carbonyl (C=O) groups is 2. The number of benzene rings is 2. The van der Waals surface area contributed by atoms with Gasteiger partial charge in [0, 0.05) is 0 Å². The van der Waals surface area contributed by atoms with Crippen molar-refractivity contribution < 1.29 is 14.3 Å². The van der Waals surface area contributed by atoms with Crippen LogP contribution in [-0.4, -0.2) is 18.5 Å². The van der Waals surface area contributed by atoms with Crippen LogP contribution < -0.4 is 15.4 Å². The van der Waals surface area contributed by atoms with Crippen LogP contribution in [0.25, 0.3) is 0 Å². The molecule has 1 atom stereocenters. The number of urea groups is 1. The number of rotatable bonds is 4. The molecule has 1 saturated heterocycles. The maximum atomic E-state index is 12.3. The summed E-state index contributed by atoms with van der Waals surface area (Å²) in [5.74, 6) is 0.0515. The van der Waals surface area contributed by atoms with Crippen LogP contribution in [0.15, 0.2) is 54.6 Å². The number of ether oxygens (including phenoxy) is 1. The predicted molar refractivity (Wildman–Crippen MR) is 81.4 cm³/mol. The van der Waals surface area contributed by atoms with Gasteiger partial charge in [-0.3, -0.25) is 10.1 Å². The molecule has 6 heteroatoms. The van der Waals surface area contributed by atoms with Gasteiger partial charge in [0.05, 0.1) is 11.6 Å². The van der Waals surface area contributed by atoms with E-state index in [-0.39, 0.29) is 6.61 Å². The summed E-state index contributed by atoms with van der Waals surface area (Å²) < 4.78 is 5.68. The summed E-state index contributed by atoms with van der Waals surface area (Å²) in [6, 6.07) is 16.9. The Hall–Kier alpha value is -3.33. The molecule has 0 spiro atoms. The average molecular weight is 307 g/mol. The summed E-state index contributed by atoms with van der Waals surface area (Å²) in [5.41, 5.74) is -0.120. The molecule has 2 aromatic carbocycles. The quantitative estimate of drug-likeness (QED) is 0.841. The topological polar surface area (TPSA) is 91.2 Å². The molecule has 1 heterocycles. The first-order valence-electron chi connectivity index (χ1n) is 6.96. The maximum absolute atomic E-state index is 12.3. The predicted octanol–water partition coefficient (Wildman–Crippen LogP) is 1.67. The van der Waals surface area contributed by atoms with Crippen molar-refractivity contribution in [3.8, 4) is 11.8 Å². The molecule has 114 valence electrons. The Morgan fingerprint density at radius 2 is 1.74 bits per heavy atom. The van der Waals surface area contributed by atoms with E-state index in [1.807, 2.05) is 12.1 Å². The smallest absolute Gasteiger partial charge is 0.322 e. The Bertz CT molecular complexity index is 781.